The molecule has 1 fully saturated rings. The Kier molecular flexibility index (Phi) is 3.62. The summed E-state index contributed by atoms with van der Waals surface area (Å²) < 4.78 is 0. The third-order valence-electron chi connectivity index (χ3n) is 2.10. The number of hydrogen-bond acceptors (Lipinski definition) is 4. The van der Waals surface area contributed by atoms with Crippen molar-refractivity contribution in [2.45, 2.75) is 24.9 Å². The standard InChI is InChI=1S/C8H12N2O5/c11-3-5-8(15)9-4(7(14)10-5)1-2-6(12)13/h4-5,11H,1-3H2,(H,9,15)(H,10,14)(H,12,13). The van der Waals surface area contributed by atoms with E-state index in [9.17, 15) is 14.4 Å². The van der Waals surface area contributed by atoms with Crippen molar-refractivity contribution in [3.8, 4) is 0 Å². The van der Waals surface area contributed by atoms with Gasteiger partial charge in [0.05, 0.1) is 6.61 Å². The molecule has 0 aromatic rings. The summed E-state index contributed by atoms with van der Waals surface area (Å²) in [7, 11) is 0. The Morgan fingerprint density at radius 3 is 2.27 bits per heavy atom. The summed E-state index contributed by atoms with van der Waals surface area (Å²) in [5, 5.41) is 21.8. The van der Waals surface area contributed by atoms with Gasteiger partial charge in [-0.2, -0.15) is 0 Å². The molecule has 1 saturated heterocycles. The molecule has 2 atom stereocenters. The summed E-state index contributed by atoms with van der Waals surface area (Å²) in [5.74, 6) is -1.98. The van der Waals surface area contributed by atoms with Crippen LogP contribution >= 0.6 is 0 Å². The van der Waals surface area contributed by atoms with Gasteiger partial charge in [0.25, 0.3) is 0 Å². The molecule has 4 N–H and O–H groups in total. The number of piperazine rings is 1. The minimum Gasteiger partial charge on any atom is -0.481 e. The number of carboxylic acids is 1. The van der Waals surface area contributed by atoms with Gasteiger partial charge < -0.3 is 20.8 Å². The molecule has 84 valence electrons. The number of carboxylic acid groups (broad SMARTS) is 1. The van der Waals surface area contributed by atoms with Gasteiger partial charge in [-0.05, 0) is 6.42 Å². The van der Waals surface area contributed by atoms with Crippen LogP contribution in [0, 0.1) is 0 Å². The number of amides is 2. The monoisotopic (exact) mass is 216 g/mol. The first kappa shape index (κ1) is 11.4. The maximum absolute atomic E-state index is 11.3. The van der Waals surface area contributed by atoms with Crippen LogP contribution in [0.5, 0.6) is 0 Å². The van der Waals surface area contributed by atoms with Gasteiger partial charge >= 0.3 is 5.97 Å². The maximum atomic E-state index is 11.3. The number of carbonyl (C=O) groups is 3. The molecule has 0 aromatic heterocycles. The summed E-state index contributed by atoms with van der Waals surface area (Å²) in [4.78, 5) is 32.8. The molecule has 0 radical (unpaired) electrons. The van der Waals surface area contributed by atoms with Crippen molar-refractivity contribution in [1.82, 2.24) is 10.6 Å². The second-order valence-electron chi connectivity index (χ2n) is 3.24. The van der Waals surface area contributed by atoms with Crippen LogP contribution in [-0.2, 0) is 14.4 Å². The van der Waals surface area contributed by atoms with E-state index in [1.807, 2.05) is 0 Å². The van der Waals surface area contributed by atoms with Crippen LogP contribution in [0.4, 0.5) is 0 Å². The highest BCUT2D eigenvalue weighted by Gasteiger charge is 2.32. The van der Waals surface area contributed by atoms with Crippen molar-refractivity contribution in [3.05, 3.63) is 0 Å². The lowest BCUT2D eigenvalue weighted by Gasteiger charge is -2.28. The molecule has 7 nitrogen and oxygen atoms in total. The van der Waals surface area contributed by atoms with Crippen LogP contribution in [0.2, 0.25) is 0 Å². The van der Waals surface area contributed by atoms with Gasteiger partial charge in [0.1, 0.15) is 12.1 Å². The van der Waals surface area contributed by atoms with Crippen LogP contribution in [-0.4, -0.2) is 46.7 Å². The number of aliphatic hydroxyl groups is 1. The van der Waals surface area contributed by atoms with Crippen LogP contribution in [0.15, 0.2) is 0 Å². The number of carbonyl (C=O) groups excluding carboxylic acids is 2. The number of rotatable bonds is 4. The Bertz CT molecular complexity index is 291. The van der Waals surface area contributed by atoms with Gasteiger partial charge in [-0.3, -0.25) is 14.4 Å². The Morgan fingerprint density at radius 2 is 1.73 bits per heavy atom. The van der Waals surface area contributed by atoms with Gasteiger partial charge in [0.15, 0.2) is 0 Å². The zero-order valence-corrected chi connectivity index (χ0v) is 7.90. The third-order valence-corrected chi connectivity index (χ3v) is 2.10. The molecule has 15 heavy (non-hydrogen) atoms. The molecular formula is C8H12N2O5. The Balaban J connectivity index is 2.51. The summed E-state index contributed by atoms with van der Waals surface area (Å²) in [5.41, 5.74) is 0. The molecule has 2 amide bonds. The zero-order valence-electron chi connectivity index (χ0n) is 7.90. The summed E-state index contributed by atoms with van der Waals surface area (Å²) in [6.07, 6.45) is -0.146. The third kappa shape index (κ3) is 2.91. The smallest absolute Gasteiger partial charge is 0.303 e. The van der Waals surface area contributed by atoms with Crippen molar-refractivity contribution in [3.63, 3.8) is 0 Å². The molecule has 0 spiro atoms. The molecule has 0 aromatic carbocycles. The summed E-state index contributed by atoms with van der Waals surface area (Å²) >= 11 is 0. The van der Waals surface area contributed by atoms with Gasteiger partial charge in [-0.1, -0.05) is 0 Å². The lowest BCUT2D eigenvalue weighted by Crippen LogP contribution is -2.62. The molecule has 0 aliphatic carbocycles. The second kappa shape index (κ2) is 4.74. The number of hydrogen-bond donors (Lipinski definition) is 4. The predicted octanol–water partition coefficient (Wildman–Crippen LogP) is -2.17. The fourth-order valence-electron chi connectivity index (χ4n) is 1.28. The molecular weight excluding hydrogens is 204 g/mol. The fraction of sp³-hybridized carbons (Fsp3) is 0.625. The number of aliphatic carboxylic acids is 1. The summed E-state index contributed by atoms with van der Waals surface area (Å²) in [6, 6.07) is -1.75. The zero-order chi connectivity index (χ0) is 11.4. The van der Waals surface area contributed by atoms with Gasteiger partial charge in [-0.25, -0.2) is 0 Å². The largest absolute Gasteiger partial charge is 0.481 e. The Morgan fingerprint density at radius 1 is 1.20 bits per heavy atom. The number of aliphatic hydroxyl groups excluding tert-OH is 1. The van der Waals surface area contributed by atoms with E-state index in [4.69, 9.17) is 10.2 Å². The van der Waals surface area contributed by atoms with E-state index in [0.717, 1.165) is 0 Å². The highest BCUT2D eigenvalue weighted by atomic mass is 16.4. The first-order chi connectivity index (χ1) is 7.04. The van der Waals surface area contributed by atoms with E-state index in [2.05, 4.69) is 10.6 Å². The first-order valence-electron chi connectivity index (χ1n) is 4.48. The molecule has 2 unspecified atom stereocenters. The first-order valence-corrected chi connectivity index (χ1v) is 4.48. The molecule has 1 aliphatic heterocycles. The van der Waals surface area contributed by atoms with Crippen molar-refractivity contribution in [2.75, 3.05) is 6.61 Å². The highest BCUT2D eigenvalue weighted by Crippen LogP contribution is 2.03. The van der Waals surface area contributed by atoms with Gasteiger partial charge in [0.2, 0.25) is 11.8 Å². The molecule has 0 saturated carbocycles. The van der Waals surface area contributed by atoms with Crippen LogP contribution < -0.4 is 10.6 Å². The molecule has 0 bridgehead atoms. The van der Waals surface area contributed by atoms with Crippen LogP contribution in [0.25, 0.3) is 0 Å². The topological polar surface area (TPSA) is 116 Å². The fourth-order valence-corrected chi connectivity index (χ4v) is 1.28. The van der Waals surface area contributed by atoms with Crippen LogP contribution in [0.1, 0.15) is 12.8 Å². The van der Waals surface area contributed by atoms with E-state index >= 15 is 0 Å². The predicted molar refractivity (Wildman–Crippen MR) is 47.8 cm³/mol. The van der Waals surface area contributed by atoms with Gasteiger partial charge in [0, 0.05) is 6.42 Å². The van der Waals surface area contributed by atoms with E-state index in [1.165, 1.54) is 0 Å². The SMILES string of the molecule is O=C(O)CCC1NC(=O)C(CO)NC1=O. The van der Waals surface area contributed by atoms with E-state index < -0.39 is 36.5 Å². The lowest BCUT2D eigenvalue weighted by molar-refractivity contribution is -0.140. The minimum atomic E-state index is -1.03. The van der Waals surface area contributed by atoms with E-state index in [-0.39, 0.29) is 12.8 Å². The molecule has 1 heterocycles. The van der Waals surface area contributed by atoms with E-state index in [1.54, 1.807) is 0 Å². The van der Waals surface area contributed by atoms with Crippen LogP contribution in [0.3, 0.4) is 0 Å². The molecule has 1 rings (SSSR count). The molecule has 1 aliphatic rings. The van der Waals surface area contributed by atoms with Crippen molar-refractivity contribution >= 4 is 17.8 Å². The molecule has 7 heteroatoms. The Labute approximate surface area is 85.5 Å². The Hall–Kier alpha value is -1.63. The lowest BCUT2D eigenvalue weighted by atomic mass is 10.1. The van der Waals surface area contributed by atoms with E-state index in [0.29, 0.717) is 0 Å². The maximum Gasteiger partial charge on any atom is 0.303 e. The normalized spacial score (nSPS) is 25.7. The van der Waals surface area contributed by atoms with Crippen molar-refractivity contribution in [1.29, 1.82) is 0 Å². The second-order valence-corrected chi connectivity index (χ2v) is 3.24. The highest BCUT2D eigenvalue weighted by molar-refractivity contribution is 5.97. The van der Waals surface area contributed by atoms with Gasteiger partial charge in [-0.15, -0.1) is 0 Å². The average Bonchev–Trinajstić information content (AvgIpc) is 2.18. The number of nitrogens with one attached hydrogen (secondary N) is 2. The quantitative estimate of drug-likeness (QED) is 0.426. The van der Waals surface area contributed by atoms with Crippen molar-refractivity contribution in [2.24, 2.45) is 0 Å². The average molecular weight is 216 g/mol. The minimum absolute atomic E-state index is 0.0467. The van der Waals surface area contributed by atoms with Crippen molar-refractivity contribution < 1.29 is 24.6 Å². The summed E-state index contributed by atoms with van der Waals surface area (Å²) in [6.45, 7) is -0.469.